The van der Waals surface area contributed by atoms with Gasteiger partial charge in [-0.15, -0.1) is 18.3 Å². The Morgan fingerprint density at radius 2 is 1.76 bits per heavy atom. The second-order valence-electron chi connectivity index (χ2n) is 9.50. The molecule has 3 aromatic carbocycles. The number of urea groups is 1. The third-order valence-corrected chi connectivity index (χ3v) is 6.53. The molecular formula is C29H26F3N7O3. The van der Waals surface area contributed by atoms with Crippen LogP contribution in [0.15, 0.2) is 78.9 Å². The number of H-pyrrole nitrogens is 1. The van der Waals surface area contributed by atoms with Crippen molar-refractivity contribution in [2.75, 3.05) is 15.5 Å². The molecule has 4 aromatic rings. The van der Waals surface area contributed by atoms with Crippen LogP contribution in [0.2, 0.25) is 0 Å². The van der Waals surface area contributed by atoms with Gasteiger partial charge in [0, 0.05) is 23.0 Å². The second kappa shape index (κ2) is 12.5. The van der Waals surface area contributed by atoms with E-state index in [4.69, 9.17) is 0 Å². The highest BCUT2D eigenvalue weighted by Crippen LogP contribution is 2.30. The zero-order chi connectivity index (χ0) is 29.5. The summed E-state index contributed by atoms with van der Waals surface area (Å²) >= 11 is 0. The second-order valence-corrected chi connectivity index (χ2v) is 9.50. The molecule has 0 saturated carbocycles. The van der Waals surface area contributed by atoms with Crippen LogP contribution in [0.25, 0.3) is 5.57 Å². The van der Waals surface area contributed by atoms with Crippen molar-refractivity contribution < 1.29 is 27.5 Å². The number of ether oxygens (including phenoxy) is 1. The Kier molecular flexibility index (Phi) is 8.46. The van der Waals surface area contributed by atoms with Gasteiger partial charge >= 0.3 is 12.4 Å². The first-order valence-electron chi connectivity index (χ1n) is 13.1. The minimum Gasteiger partial charge on any atom is -0.406 e. The van der Waals surface area contributed by atoms with E-state index < -0.39 is 24.1 Å². The first-order valence-corrected chi connectivity index (χ1v) is 13.1. The number of rotatable bonds is 8. The molecule has 0 spiro atoms. The van der Waals surface area contributed by atoms with Crippen molar-refractivity contribution in [3.05, 3.63) is 95.6 Å². The van der Waals surface area contributed by atoms with Gasteiger partial charge in [0.25, 0.3) is 11.9 Å². The van der Waals surface area contributed by atoms with Gasteiger partial charge in [-0.3, -0.25) is 15.0 Å². The number of nitrogens with one attached hydrogen (secondary N) is 3. The van der Waals surface area contributed by atoms with Crippen molar-refractivity contribution in [3.63, 3.8) is 0 Å². The summed E-state index contributed by atoms with van der Waals surface area (Å²) in [6.45, 7) is 0.110. The normalized spacial score (nSPS) is 13.2. The number of tetrazole rings is 1. The lowest BCUT2D eigenvalue weighted by Crippen LogP contribution is -2.34. The lowest BCUT2D eigenvalue weighted by Gasteiger charge is -2.24. The minimum atomic E-state index is -4.86. The number of aromatic amines is 1. The van der Waals surface area contributed by atoms with E-state index in [9.17, 15) is 22.8 Å². The molecular weight excluding hydrogens is 551 g/mol. The highest BCUT2D eigenvalue weighted by Gasteiger charge is 2.31. The maximum atomic E-state index is 13.5. The summed E-state index contributed by atoms with van der Waals surface area (Å²) in [4.78, 5) is 27.4. The van der Waals surface area contributed by atoms with E-state index in [-0.39, 0.29) is 18.2 Å². The molecule has 1 aliphatic rings. The van der Waals surface area contributed by atoms with Crippen LogP contribution in [-0.4, -0.2) is 38.9 Å². The van der Waals surface area contributed by atoms with Crippen LogP contribution in [0.1, 0.15) is 47.2 Å². The van der Waals surface area contributed by atoms with Crippen LogP contribution in [0.5, 0.6) is 5.75 Å². The monoisotopic (exact) mass is 577 g/mol. The number of hydrogen-bond donors (Lipinski definition) is 3. The summed E-state index contributed by atoms with van der Waals surface area (Å²) in [5.74, 6) is -0.859. The van der Waals surface area contributed by atoms with E-state index in [2.05, 4.69) is 42.1 Å². The third-order valence-electron chi connectivity index (χ3n) is 6.53. The third kappa shape index (κ3) is 7.50. The van der Waals surface area contributed by atoms with Crippen molar-refractivity contribution in [1.29, 1.82) is 0 Å². The van der Waals surface area contributed by atoms with E-state index in [1.807, 2.05) is 24.3 Å². The first kappa shape index (κ1) is 28.3. The number of anilines is 3. The number of nitrogens with zero attached hydrogens (tertiary/aromatic N) is 4. The largest absolute Gasteiger partial charge is 0.573 e. The summed E-state index contributed by atoms with van der Waals surface area (Å²) in [5, 5.41) is 18.2. The van der Waals surface area contributed by atoms with Gasteiger partial charge in [-0.2, -0.15) is 5.21 Å². The Morgan fingerprint density at radius 3 is 2.43 bits per heavy atom. The van der Waals surface area contributed by atoms with E-state index in [0.29, 0.717) is 16.8 Å². The van der Waals surface area contributed by atoms with Crippen LogP contribution >= 0.6 is 0 Å². The molecule has 0 bridgehead atoms. The van der Waals surface area contributed by atoms with Gasteiger partial charge in [-0.05, 0) is 84.0 Å². The molecule has 0 radical (unpaired) electrons. The molecule has 13 heteroatoms. The number of benzene rings is 3. The highest BCUT2D eigenvalue weighted by atomic mass is 19.4. The molecule has 42 heavy (non-hydrogen) atoms. The SMILES string of the molecule is O=C(Nc1nn[nH]n1)c1ccc(CN(C(=O)Nc2cccc(OC(F)(F)F)c2)c2ccc(C3=CCCCC3)cc2)cc1. The molecule has 0 unspecified atom stereocenters. The number of amides is 3. The number of carbonyl (C=O) groups is 2. The van der Waals surface area contributed by atoms with E-state index >= 15 is 0 Å². The van der Waals surface area contributed by atoms with Gasteiger partial charge in [-0.1, -0.05) is 41.5 Å². The van der Waals surface area contributed by atoms with Gasteiger partial charge in [-0.25, -0.2) is 4.79 Å². The molecule has 0 atom stereocenters. The lowest BCUT2D eigenvalue weighted by molar-refractivity contribution is -0.274. The van der Waals surface area contributed by atoms with Crippen LogP contribution in [0.4, 0.5) is 35.3 Å². The predicted molar refractivity (Wildman–Crippen MR) is 150 cm³/mol. The molecule has 3 N–H and O–H groups in total. The van der Waals surface area contributed by atoms with Gasteiger partial charge < -0.3 is 10.1 Å². The number of carbonyl (C=O) groups excluding carboxylic acids is 2. The first-order chi connectivity index (χ1) is 20.2. The van der Waals surface area contributed by atoms with Crippen molar-refractivity contribution in [2.24, 2.45) is 0 Å². The van der Waals surface area contributed by atoms with Crippen molar-refractivity contribution in [1.82, 2.24) is 20.6 Å². The lowest BCUT2D eigenvalue weighted by atomic mass is 9.93. The van der Waals surface area contributed by atoms with E-state index in [0.717, 1.165) is 37.0 Å². The molecule has 1 aliphatic carbocycles. The zero-order valence-electron chi connectivity index (χ0n) is 22.2. The summed E-state index contributed by atoms with van der Waals surface area (Å²) in [7, 11) is 0. The standard InChI is InChI=1S/C29H26F3N7O3/c30-29(31,32)42-25-8-4-7-23(17-25)33-28(41)39(24-15-13-21(14-16-24)20-5-2-1-3-6-20)18-19-9-11-22(12-10-19)26(40)34-27-35-37-38-36-27/h4-5,7-17H,1-3,6,18H2,(H,33,41)(H2,34,35,36,37,38,40). The van der Waals surface area contributed by atoms with Gasteiger partial charge in [0.1, 0.15) is 5.75 Å². The zero-order valence-corrected chi connectivity index (χ0v) is 22.2. The van der Waals surface area contributed by atoms with Crippen LogP contribution in [-0.2, 0) is 6.54 Å². The van der Waals surface area contributed by atoms with Crippen LogP contribution < -0.4 is 20.3 Å². The Morgan fingerprint density at radius 1 is 0.976 bits per heavy atom. The van der Waals surface area contributed by atoms with Crippen molar-refractivity contribution in [3.8, 4) is 5.75 Å². The van der Waals surface area contributed by atoms with E-state index in [1.165, 1.54) is 29.0 Å². The summed E-state index contributed by atoms with van der Waals surface area (Å²) < 4.78 is 42.1. The summed E-state index contributed by atoms with van der Waals surface area (Å²) in [6, 6.07) is 18.7. The number of halogens is 3. The van der Waals surface area contributed by atoms with Crippen molar-refractivity contribution >= 4 is 34.8 Å². The number of hydrogen-bond acceptors (Lipinski definition) is 6. The molecule has 0 fully saturated rings. The molecule has 1 aromatic heterocycles. The molecule has 216 valence electrons. The predicted octanol–water partition coefficient (Wildman–Crippen LogP) is 6.55. The maximum absolute atomic E-state index is 13.5. The highest BCUT2D eigenvalue weighted by molar-refractivity contribution is 6.03. The van der Waals surface area contributed by atoms with Gasteiger partial charge in [0.2, 0.25) is 0 Å². The fourth-order valence-corrected chi connectivity index (χ4v) is 4.53. The molecule has 1 heterocycles. The van der Waals surface area contributed by atoms with Crippen molar-refractivity contribution in [2.45, 2.75) is 38.6 Å². The number of alkyl halides is 3. The molecule has 0 aliphatic heterocycles. The maximum Gasteiger partial charge on any atom is 0.573 e. The Labute approximate surface area is 238 Å². The molecule has 5 rings (SSSR count). The van der Waals surface area contributed by atoms with Crippen LogP contribution in [0, 0.1) is 0 Å². The van der Waals surface area contributed by atoms with Crippen LogP contribution in [0.3, 0.4) is 0 Å². The van der Waals surface area contributed by atoms with Gasteiger partial charge in [0.15, 0.2) is 0 Å². The fraction of sp³-hybridized carbons (Fsp3) is 0.207. The summed E-state index contributed by atoms with van der Waals surface area (Å²) in [6.07, 6.45) is 1.69. The average Bonchev–Trinajstić information content (AvgIpc) is 3.49. The topological polar surface area (TPSA) is 125 Å². The molecule has 10 nitrogen and oxygen atoms in total. The smallest absolute Gasteiger partial charge is 0.406 e. The van der Waals surface area contributed by atoms with Gasteiger partial charge in [0.05, 0.1) is 6.54 Å². The number of aromatic nitrogens is 4. The Bertz CT molecular complexity index is 1550. The molecule has 3 amide bonds. The fourth-order valence-electron chi connectivity index (χ4n) is 4.53. The number of allylic oxidation sites excluding steroid dienone is 2. The Balaban J connectivity index is 1.36. The average molecular weight is 578 g/mol. The molecule has 0 saturated heterocycles. The summed E-state index contributed by atoms with van der Waals surface area (Å²) in [5.41, 5.74) is 4.09. The van der Waals surface area contributed by atoms with E-state index in [1.54, 1.807) is 24.3 Å². The minimum absolute atomic E-state index is 0.0315. The Hall–Kier alpha value is -5.20. The quantitative estimate of drug-likeness (QED) is 0.218.